The number of piperazine rings is 1. The van der Waals surface area contributed by atoms with Crippen LogP contribution < -0.4 is 9.64 Å². The molecular weight excluding hydrogens is 540 g/mol. The number of ether oxygens (including phenoxy) is 1. The van der Waals surface area contributed by atoms with Gasteiger partial charge in [-0.1, -0.05) is 0 Å². The Balaban J connectivity index is 1.80. The molecule has 1 aliphatic heterocycles. The molecule has 1 amide bonds. The number of halogens is 8. The molecule has 1 heterocycles. The van der Waals surface area contributed by atoms with Crippen molar-refractivity contribution in [1.29, 1.82) is 0 Å². The Kier molecular flexibility index (Phi) is 7.96. The van der Waals surface area contributed by atoms with Gasteiger partial charge in [0.05, 0.1) is 21.7 Å². The van der Waals surface area contributed by atoms with Gasteiger partial charge in [-0.05, 0) is 36.4 Å². The van der Waals surface area contributed by atoms with E-state index in [9.17, 15) is 48.3 Å². The van der Waals surface area contributed by atoms with Crippen LogP contribution in [0.4, 0.5) is 40.8 Å². The second-order valence-corrected chi connectivity index (χ2v) is 10.2. The largest absolute Gasteiger partial charge is 0.486 e. The van der Waals surface area contributed by atoms with Crippen molar-refractivity contribution in [2.45, 2.75) is 23.4 Å². The monoisotopic (exact) mass is 560 g/mol. The van der Waals surface area contributed by atoms with Crippen molar-refractivity contribution in [2.75, 3.05) is 43.9 Å². The van der Waals surface area contributed by atoms with Gasteiger partial charge in [0.2, 0.25) is 0 Å². The number of hydrogen-bond donors (Lipinski definition) is 0. The van der Waals surface area contributed by atoms with E-state index in [0.29, 0.717) is 12.1 Å². The number of nitrogens with zero attached hydrogens (tertiary/aromatic N) is 2. The third kappa shape index (κ3) is 6.62. The topological polar surface area (TPSA) is 66.9 Å². The number of carbonyl (C=O) groups excluding carboxylic acids is 1. The Morgan fingerprint density at radius 3 is 2.14 bits per heavy atom. The summed E-state index contributed by atoms with van der Waals surface area (Å²) < 4.78 is 133. The molecule has 1 saturated heterocycles. The minimum absolute atomic E-state index is 0.0283. The van der Waals surface area contributed by atoms with E-state index < -0.39 is 63.6 Å². The minimum Gasteiger partial charge on any atom is -0.486 e. The van der Waals surface area contributed by atoms with Gasteiger partial charge < -0.3 is 14.5 Å². The predicted molar refractivity (Wildman–Crippen MR) is 116 cm³/mol. The van der Waals surface area contributed by atoms with E-state index in [4.69, 9.17) is 4.74 Å². The molecule has 0 spiro atoms. The fourth-order valence-corrected chi connectivity index (χ4v) is 4.18. The van der Waals surface area contributed by atoms with Crippen LogP contribution >= 0.6 is 0 Å². The van der Waals surface area contributed by atoms with Crippen LogP contribution in [0, 0.1) is 5.82 Å². The zero-order valence-electron chi connectivity index (χ0n) is 19.0. The normalized spacial score (nSPS) is 15.3. The highest BCUT2D eigenvalue weighted by Crippen LogP contribution is 2.33. The Bertz CT molecular complexity index is 1260. The van der Waals surface area contributed by atoms with E-state index in [0.717, 1.165) is 35.4 Å². The van der Waals surface area contributed by atoms with Gasteiger partial charge in [-0.15, -0.1) is 0 Å². The molecule has 0 N–H and O–H groups in total. The lowest BCUT2D eigenvalue weighted by atomic mass is 10.1. The predicted octanol–water partition coefficient (Wildman–Crippen LogP) is 4.49. The number of rotatable bonds is 7. The lowest BCUT2D eigenvalue weighted by molar-refractivity contribution is -0.148. The highest BCUT2D eigenvalue weighted by molar-refractivity contribution is 7.90. The second-order valence-electron chi connectivity index (χ2n) is 8.22. The van der Waals surface area contributed by atoms with E-state index in [1.165, 1.54) is 4.90 Å². The van der Waals surface area contributed by atoms with Gasteiger partial charge in [-0.2, -0.15) is 22.0 Å². The van der Waals surface area contributed by atoms with Gasteiger partial charge >= 0.3 is 18.5 Å². The molecule has 0 aromatic heterocycles. The molecular formula is C22H20F8N2O4S. The van der Waals surface area contributed by atoms with Gasteiger partial charge in [0.1, 0.15) is 11.6 Å². The highest BCUT2D eigenvalue weighted by atomic mass is 32.2. The van der Waals surface area contributed by atoms with Gasteiger partial charge in [0, 0.05) is 32.4 Å². The van der Waals surface area contributed by atoms with E-state index in [2.05, 4.69) is 0 Å². The molecule has 37 heavy (non-hydrogen) atoms. The number of benzene rings is 2. The summed E-state index contributed by atoms with van der Waals surface area (Å²) in [6, 6.07) is 4.76. The first-order valence-corrected chi connectivity index (χ1v) is 12.4. The van der Waals surface area contributed by atoms with Crippen LogP contribution in [0.5, 0.6) is 5.75 Å². The summed E-state index contributed by atoms with van der Waals surface area (Å²) in [5.74, 6) is -7.07. The third-order valence-corrected chi connectivity index (χ3v) is 6.64. The van der Waals surface area contributed by atoms with Crippen molar-refractivity contribution in [3.63, 3.8) is 0 Å². The summed E-state index contributed by atoms with van der Waals surface area (Å²) in [5, 5.41) is 0. The van der Waals surface area contributed by atoms with Crippen LogP contribution in [0.15, 0.2) is 41.3 Å². The molecule has 1 fully saturated rings. The maximum atomic E-state index is 14.3. The van der Waals surface area contributed by atoms with Gasteiger partial charge in [0.15, 0.2) is 16.4 Å². The van der Waals surface area contributed by atoms with E-state index in [1.807, 2.05) is 0 Å². The molecule has 0 atom stereocenters. The number of amides is 1. The molecule has 2 aromatic rings. The zero-order valence-corrected chi connectivity index (χ0v) is 19.9. The highest BCUT2D eigenvalue weighted by Gasteiger charge is 2.42. The fourth-order valence-electron chi connectivity index (χ4n) is 3.53. The second kappa shape index (κ2) is 10.3. The molecule has 2 aromatic carbocycles. The average molecular weight is 560 g/mol. The zero-order chi connectivity index (χ0) is 27.8. The molecule has 0 radical (unpaired) electrons. The summed E-state index contributed by atoms with van der Waals surface area (Å²) in [7, 11) is -3.85. The minimum atomic E-state index is -4.73. The fraction of sp³-hybridized carbons (Fsp3) is 0.409. The van der Waals surface area contributed by atoms with Crippen molar-refractivity contribution < 1.29 is 53.1 Å². The number of hydrogen-bond acceptors (Lipinski definition) is 5. The van der Waals surface area contributed by atoms with Crippen LogP contribution in [0.3, 0.4) is 0 Å². The molecule has 3 rings (SSSR count). The van der Waals surface area contributed by atoms with Crippen molar-refractivity contribution >= 4 is 21.4 Å². The SMILES string of the molecule is CS(=O)(=O)c1ccc(OCC(F)(F)C(F)F)c(C(=O)N2CCN(c3ccc(C(F)(F)F)cc3F)CC2)c1. The van der Waals surface area contributed by atoms with Crippen LogP contribution in [-0.2, 0) is 16.0 Å². The van der Waals surface area contributed by atoms with Crippen LogP contribution in [0.1, 0.15) is 15.9 Å². The number of carbonyl (C=O) groups is 1. The molecule has 0 saturated carbocycles. The van der Waals surface area contributed by atoms with Gasteiger partial charge in [0.25, 0.3) is 5.91 Å². The summed E-state index contributed by atoms with van der Waals surface area (Å²) in [4.78, 5) is 15.3. The first-order chi connectivity index (χ1) is 17.0. The van der Waals surface area contributed by atoms with Crippen LogP contribution in [0.25, 0.3) is 0 Å². The first-order valence-electron chi connectivity index (χ1n) is 10.5. The lowest BCUT2D eigenvalue weighted by Gasteiger charge is -2.36. The van der Waals surface area contributed by atoms with E-state index in [-0.39, 0.29) is 36.8 Å². The summed E-state index contributed by atoms with van der Waals surface area (Å²) in [6.45, 7) is -2.03. The summed E-state index contributed by atoms with van der Waals surface area (Å²) >= 11 is 0. The Hall–Kier alpha value is -3.10. The quantitative estimate of drug-likeness (QED) is 0.467. The van der Waals surface area contributed by atoms with Crippen molar-refractivity contribution in [3.8, 4) is 5.75 Å². The molecule has 15 heteroatoms. The average Bonchev–Trinajstić information content (AvgIpc) is 2.81. The van der Waals surface area contributed by atoms with E-state index in [1.54, 1.807) is 0 Å². The lowest BCUT2D eigenvalue weighted by Crippen LogP contribution is -2.49. The number of alkyl halides is 7. The van der Waals surface area contributed by atoms with Gasteiger partial charge in [-0.25, -0.2) is 21.6 Å². The smallest absolute Gasteiger partial charge is 0.416 e. The number of sulfone groups is 1. The Labute approximate surface area is 206 Å². The van der Waals surface area contributed by atoms with Crippen molar-refractivity contribution in [1.82, 2.24) is 4.90 Å². The molecule has 1 aliphatic rings. The molecule has 0 unspecified atom stereocenters. The first kappa shape index (κ1) is 28.5. The maximum Gasteiger partial charge on any atom is 0.416 e. The van der Waals surface area contributed by atoms with Crippen molar-refractivity contribution in [3.05, 3.63) is 53.3 Å². The Morgan fingerprint density at radius 2 is 1.62 bits per heavy atom. The maximum absolute atomic E-state index is 14.3. The summed E-state index contributed by atoms with van der Waals surface area (Å²) in [5.41, 5.74) is -1.77. The van der Waals surface area contributed by atoms with Crippen LogP contribution in [0.2, 0.25) is 0 Å². The van der Waals surface area contributed by atoms with Crippen LogP contribution in [-0.4, -0.2) is 70.6 Å². The molecule has 204 valence electrons. The summed E-state index contributed by atoms with van der Waals surface area (Å²) in [6.07, 6.45) is -7.94. The Morgan fingerprint density at radius 1 is 1.00 bits per heavy atom. The number of anilines is 1. The van der Waals surface area contributed by atoms with Gasteiger partial charge in [-0.3, -0.25) is 4.79 Å². The third-order valence-electron chi connectivity index (χ3n) is 5.53. The molecule has 0 aliphatic carbocycles. The molecule has 0 bridgehead atoms. The molecule has 6 nitrogen and oxygen atoms in total. The van der Waals surface area contributed by atoms with E-state index >= 15 is 0 Å². The standard InChI is InChI=1S/C22H20F8N2O4S/c1-37(34,35)14-3-5-18(36-12-21(26,27)20(24)25)15(11-14)19(33)32-8-6-31(7-9-32)17-4-2-13(10-16(17)23)22(28,29)30/h2-5,10-11,20H,6-9,12H2,1H3. The van der Waals surface area contributed by atoms with Crippen molar-refractivity contribution in [2.24, 2.45) is 0 Å².